The molecule has 2 amide bonds. The number of aliphatic hydroxyl groups is 1. The van der Waals surface area contributed by atoms with E-state index in [1.165, 1.54) is 10.6 Å². The monoisotopic (exact) mass is 341 g/mol. The first-order valence-corrected chi connectivity index (χ1v) is 8.35. The molecule has 1 aliphatic rings. The molecule has 0 spiro atoms. The number of carbonyl (C=O) groups is 1. The van der Waals surface area contributed by atoms with Gasteiger partial charge in [-0.25, -0.2) is 4.79 Å². The summed E-state index contributed by atoms with van der Waals surface area (Å²) in [6, 6.07) is 11.1. The quantitative estimate of drug-likeness (QED) is 0.794. The van der Waals surface area contributed by atoms with E-state index in [-0.39, 0.29) is 23.1 Å². The highest BCUT2D eigenvalue weighted by Crippen LogP contribution is 2.43. The number of hydrogen-bond donors (Lipinski definition) is 3. The van der Waals surface area contributed by atoms with Gasteiger partial charge < -0.3 is 20.3 Å². The lowest BCUT2D eigenvalue weighted by molar-refractivity contribution is 0.0193. The SMILES string of the molecule is Cc1cc(=O)n(C)cc1NC(=O)NCC1(c2ccccc2)CC(O)C1. The lowest BCUT2D eigenvalue weighted by atomic mass is 9.62. The predicted molar refractivity (Wildman–Crippen MR) is 96.8 cm³/mol. The standard InChI is InChI=1S/C19H23N3O3/c1-13-8-17(24)22(2)11-16(13)21-18(25)20-12-19(9-15(23)10-19)14-6-4-3-5-7-14/h3-8,11,15,23H,9-10,12H2,1-2H3,(H2,20,21,25). The maximum Gasteiger partial charge on any atom is 0.319 e. The third-order valence-electron chi connectivity index (χ3n) is 4.91. The Morgan fingerprint density at radius 3 is 2.64 bits per heavy atom. The smallest absolute Gasteiger partial charge is 0.319 e. The highest BCUT2D eigenvalue weighted by Gasteiger charge is 2.44. The summed E-state index contributed by atoms with van der Waals surface area (Å²) >= 11 is 0. The molecule has 1 saturated carbocycles. The van der Waals surface area contributed by atoms with Crippen molar-refractivity contribution in [3.8, 4) is 0 Å². The van der Waals surface area contributed by atoms with E-state index in [2.05, 4.69) is 10.6 Å². The lowest BCUT2D eigenvalue weighted by Crippen LogP contribution is -2.52. The van der Waals surface area contributed by atoms with Crippen LogP contribution in [0.2, 0.25) is 0 Å². The van der Waals surface area contributed by atoms with Crippen LogP contribution < -0.4 is 16.2 Å². The van der Waals surface area contributed by atoms with Crippen LogP contribution in [0.3, 0.4) is 0 Å². The average molecular weight is 341 g/mol. The Labute approximate surface area is 146 Å². The predicted octanol–water partition coefficient (Wildman–Crippen LogP) is 1.91. The van der Waals surface area contributed by atoms with E-state index < -0.39 is 0 Å². The van der Waals surface area contributed by atoms with Crippen molar-refractivity contribution in [1.29, 1.82) is 0 Å². The maximum absolute atomic E-state index is 12.3. The van der Waals surface area contributed by atoms with Gasteiger partial charge in [-0.05, 0) is 30.9 Å². The minimum atomic E-state index is -0.323. The zero-order valence-corrected chi connectivity index (χ0v) is 14.5. The Kier molecular flexibility index (Phi) is 4.63. The van der Waals surface area contributed by atoms with Gasteiger partial charge >= 0.3 is 6.03 Å². The molecule has 1 aliphatic carbocycles. The van der Waals surface area contributed by atoms with Crippen LogP contribution >= 0.6 is 0 Å². The van der Waals surface area contributed by atoms with Crippen LogP contribution in [0.5, 0.6) is 0 Å². The molecule has 1 aromatic heterocycles. The zero-order chi connectivity index (χ0) is 18.0. The number of aryl methyl sites for hydroxylation is 2. The second-order valence-electron chi connectivity index (χ2n) is 6.84. The summed E-state index contributed by atoms with van der Waals surface area (Å²) in [6.07, 6.45) is 2.56. The maximum atomic E-state index is 12.3. The molecule has 0 radical (unpaired) electrons. The normalized spacial score (nSPS) is 22.1. The molecule has 6 nitrogen and oxygen atoms in total. The average Bonchev–Trinajstić information content (AvgIpc) is 2.56. The molecule has 6 heteroatoms. The Balaban J connectivity index is 1.67. The van der Waals surface area contributed by atoms with E-state index in [0.717, 1.165) is 11.1 Å². The summed E-state index contributed by atoms with van der Waals surface area (Å²) in [5.41, 5.74) is 2.10. The largest absolute Gasteiger partial charge is 0.393 e. The van der Waals surface area contributed by atoms with Gasteiger partial charge in [0.05, 0.1) is 11.8 Å². The van der Waals surface area contributed by atoms with E-state index in [0.29, 0.717) is 25.1 Å². The first-order chi connectivity index (χ1) is 11.9. The first kappa shape index (κ1) is 17.2. The number of benzene rings is 1. The summed E-state index contributed by atoms with van der Waals surface area (Å²) in [7, 11) is 1.64. The van der Waals surface area contributed by atoms with Crippen molar-refractivity contribution in [2.45, 2.75) is 31.3 Å². The molecule has 1 fully saturated rings. The Morgan fingerprint density at radius 1 is 1.32 bits per heavy atom. The molecule has 0 unspecified atom stereocenters. The van der Waals surface area contributed by atoms with Gasteiger partial charge in [0.1, 0.15) is 0 Å². The van der Waals surface area contributed by atoms with Crippen molar-refractivity contribution in [2.75, 3.05) is 11.9 Å². The van der Waals surface area contributed by atoms with Crippen LogP contribution in [-0.2, 0) is 12.5 Å². The summed E-state index contributed by atoms with van der Waals surface area (Å²) < 4.78 is 1.43. The van der Waals surface area contributed by atoms with Crippen LogP contribution in [-0.4, -0.2) is 28.4 Å². The number of rotatable bonds is 4. The van der Waals surface area contributed by atoms with E-state index >= 15 is 0 Å². The van der Waals surface area contributed by atoms with Crippen molar-refractivity contribution < 1.29 is 9.90 Å². The highest BCUT2D eigenvalue weighted by molar-refractivity contribution is 5.89. The number of nitrogens with one attached hydrogen (secondary N) is 2. The molecule has 25 heavy (non-hydrogen) atoms. The van der Waals surface area contributed by atoms with Gasteiger partial charge in [0.15, 0.2) is 0 Å². The number of carbonyl (C=O) groups excluding carboxylic acids is 1. The fourth-order valence-electron chi connectivity index (χ4n) is 3.39. The summed E-state index contributed by atoms with van der Waals surface area (Å²) in [6.45, 7) is 2.23. The Morgan fingerprint density at radius 2 is 2.00 bits per heavy atom. The van der Waals surface area contributed by atoms with Crippen molar-refractivity contribution in [3.05, 3.63) is 64.1 Å². The number of pyridine rings is 1. The zero-order valence-electron chi connectivity index (χ0n) is 14.5. The molecule has 2 aromatic rings. The van der Waals surface area contributed by atoms with Crippen LogP contribution in [0, 0.1) is 6.92 Å². The molecule has 0 aliphatic heterocycles. The molecule has 3 N–H and O–H groups in total. The van der Waals surface area contributed by atoms with Gasteiger partial charge in [-0.3, -0.25) is 4.79 Å². The minimum absolute atomic E-state index is 0.116. The Hall–Kier alpha value is -2.60. The minimum Gasteiger partial charge on any atom is -0.393 e. The van der Waals surface area contributed by atoms with E-state index in [1.807, 2.05) is 30.3 Å². The van der Waals surface area contributed by atoms with Crippen LogP contribution in [0.4, 0.5) is 10.5 Å². The van der Waals surface area contributed by atoms with E-state index in [9.17, 15) is 14.7 Å². The second-order valence-corrected chi connectivity index (χ2v) is 6.84. The summed E-state index contributed by atoms with van der Waals surface area (Å²) in [4.78, 5) is 23.9. The van der Waals surface area contributed by atoms with Crippen LogP contribution in [0.15, 0.2) is 47.4 Å². The molecule has 0 atom stereocenters. The molecule has 0 bridgehead atoms. The fourth-order valence-corrected chi connectivity index (χ4v) is 3.39. The number of nitrogens with zero attached hydrogens (tertiary/aromatic N) is 1. The molecule has 1 heterocycles. The molecule has 3 rings (SSSR count). The number of hydrogen-bond acceptors (Lipinski definition) is 3. The van der Waals surface area contributed by atoms with E-state index in [1.54, 1.807) is 20.2 Å². The van der Waals surface area contributed by atoms with Crippen LogP contribution in [0.1, 0.15) is 24.0 Å². The summed E-state index contributed by atoms with van der Waals surface area (Å²) in [5.74, 6) is 0. The fraction of sp³-hybridized carbons (Fsp3) is 0.368. The van der Waals surface area contributed by atoms with Crippen LogP contribution in [0.25, 0.3) is 0 Å². The molecule has 1 aromatic carbocycles. The van der Waals surface area contributed by atoms with Crippen molar-refractivity contribution in [3.63, 3.8) is 0 Å². The molecule has 132 valence electrons. The number of amides is 2. The Bertz CT molecular complexity index is 824. The first-order valence-electron chi connectivity index (χ1n) is 8.35. The van der Waals surface area contributed by atoms with Crippen molar-refractivity contribution in [1.82, 2.24) is 9.88 Å². The second kappa shape index (κ2) is 6.72. The van der Waals surface area contributed by atoms with Crippen molar-refractivity contribution in [2.24, 2.45) is 7.05 Å². The van der Waals surface area contributed by atoms with Gasteiger partial charge in [-0.15, -0.1) is 0 Å². The number of aromatic nitrogens is 1. The van der Waals surface area contributed by atoms with Gasteiger partial charge in [-0.1, -0.05) is 30.3 Å². The highest BCUT2D eigenvalue weighted by atomic mass is 16.3. The third kappa shape index (κ3) is 3.58. The van der Waals surface area contributed by atoms with Gasteiger partial charge in [0.25, 0.3) is 5.56 Å². The molecular weight excluding hydrogens is 318 g/mol. The van der Waals surface area contributed by atoms with Gasteiger partial charge in [-0.2, -0.15) is 0 Å². The lowest BCUT2D eigenvalue weighted by Gasteiger charge is -2.46. The third-order valence-corrected chi connectivity index (χ3v) is 4.91. The van der Waals surface area contributed by atoms with Gasteiger partial charge in [0.2, 0.25) is 0 Å². The van der Waals surface area contributed by atoms with E-state index in [4.69, 9.17) is 0 Å². The number of anilines is 1. The molecular formula is C19H23N3O3. The van der Waals surface area contributed by atoms with Gasteiger partial charge in [0, 0.05) is 31.3 Å². The topological polar surface area (TPSA) is 83.4 Å². The number of aliphatic hydroxyl groups excluding tert-OH is 1. The van der Waals surface area contributed by atoms with Crippen molar-refractivity contribution >= 4 is 11.7 Å². The molecule has 0 saturated heterocycles. The number of urea groups is 1. The summed E-state index contributed by atoms with van der Waals surface area (Å²) in [5, 5.41) is 15.5.